The second-order valence-corrected chi connectivity index (χ2v) is 29.6. The zero-order valence-corrected chi connectivity index (χ0v) is 74.9. The summed E-state index contributed by atoms with van der Waals surface area (Å²) < 4.78 is 29.3. The first-order valence-corrected chi connectivity index (χ1v) is 42.3. The third-order valence-corrected chi connectivity index (χ3v) is 20.8. The van der Waals surface area contributed by atoms with Crippen LogP contribution >= 0.6 is 71.3 Å². The van der Waals surface area contributed by atoms with Crippen LogP contribution in [0.1, 0.15) is 49.9 Å². The zero-order chi connectivity index (χ0) is 86.3. The van der Waals surface area contributed by atoms with Crippen LogP contribution in [0.15, 0.2) is 287 Å². The van der Waals surface area contributed by atoms with Crippen molar-refractivity contribution in [3.63, 3.8) is 0 Å². The summed E-state index contributed by atoms with van der Waals surface area (Å²) >= 11 is 20.7. The van der Waals surface area contributed by atoms with E-state index in [-0.39, 0.29) is 75.3 Å². The summed E-state index contributed by atoms with van der Waals surface area (Å²) in [5.41, 5.74) is 14.3. The molecule has 1 saturated heterocycles. The molecule has 0 aliphatic carbocycles. The van der Waals surface area contributed by atoms with Crippen LogP contribution in [0.25, 0.3) is 98.4 Å². The molecule has 0 bridgehead atoms. The molecule has 9 N–H and O–H groups in total. The molecule has 0 saturated carbocycles. The minimum atomic E-state index is -0.507. The first-order valence-electron chi connectivity index (χ1n) is 37.4. The number of thioether (sulfide) groups is 3. The smallest absolute Gasteiger partial charge is 0.870 e. The number of nitrogens with zero attached hydrogens (tertiary/aromatic N) is 11. The van der Waals surface area contributed by atoms with Crippen molar-refractivity contribution in [3.05, 3.63) is 315 Å². The van der Waals surface area contributed by atoms with Gasteiger partial charge in [-0.1, -0.05) is 205 Å². The molecule has 0 atom stereocenters. The van der Waals surface area contributed by atoms with E-state index < -0.39 is 11.9 Å². The van der Waals surface area contributed by atoms with Crippen molar-refractivity contribution >= 4 is 199 Å². The molecule has 0 radical (unpaired) electrons. The van der Waals surface area contributed by atoms with Crippen molar-refractivity contribution in [2.45, 2.75) is 34.7 Å². The van der Waals surface area contributed by atoms with Gasteiger partial charge >= 0.3 is 47.5 Å². The Bertz CT molecular complexity index is 7120. The number of para-hydroxylation sites is 7. The predicted molar refractivity (Wildman–Crippen MR) is 495 cm³/mol. The normalized spacial score (nSPS) is 11.1. The number of aromatic amines is 4. The van der Waals surface area contributed by atoms with Gasteiger partial charge in [0.1, 0.15) is 33.6 Å². The number of carbonyl (C=O) groups excluding carboxylic acids is 4. The number of ether oxygens (including phenoxy) is 4. The van der Waals surface area contributed by atoms with E-state index in [4.69, 9.17) is 51.4 Å². The Labute approximate surface area is 758 Å². The van der Waals surface area contributed by atoms with E-state index in [1.54, 1.807) is 39.0 Å². The average molecular weight is 1790 g/mol. The van der Waals surface area contributed by atoms with Gasteiger partial charge in [-0.05, 0) is 147 Å². The number of rotatable bonds is 9. The molecule has 1 aliphatic rings. The van der Waals surface area contributed by atoms with Crippen LogP contribution in [-0.2, 0) is 30.2 Å². The summed E-state index contributed by atoms with van der Waals surface area (Å²) in [5, 5.41) is 28.6. The number of nitrogen functional groups attached to an aromatic ring is 1. The second-order valence-electron chi connectivity index (χ2n) is 26.1. The van der Waals surface area contributed by atoms with Gasteiger partial charge in [-0.15, -0.1) is 28.5 Å². The number of thiocarbonyl (C=S) groups is 1. The van der Waals surface area contributed by atoms with E-state index >= 15 is 0 Å². The molecule has 628 valence electrons. The molecule has 0 unspecified atom stereocenters. The number of hydrogen-bond donors (Lipinski definition) is 7. The third-order valence-electron chi connectivity index (χ3n) is 18.4. The van der Waals surface area contributed by atoms with Gasteiger partial charge in [0.05, 0.1) is 72.6 Å². The number of nitrogens with one attached hydrogen (secondary N) is 6. The SMILES string of the molecule is C1CCOC1.C=C.COC(=O)c1cc2ccccc2[nH]1.COC(=O)c1cc2ccccc2n1N.COC(=O)c1cc2ccccc2n1NC(=S)NC(=O)Cc1ccccc1.CSc1nc(Cl)c2cc3ccccc3n2n1.CSc1ncc2cc3ccccc3n2n1.CSc1nn2c(cc3ccccc32)c(=O)[nH]1.O=c1[nH]c(=S)[nH]n2c1cc1ccccc12.[Na+].[OH-]. The standard InChI is InChI=1S/C19H17N3O3S.C11H8ClN3S.C11H9N3OS.C11H9N3S.C10H7N3OS.C10H10N2O2.C10H9NO2.C4H8O.C2H4.Na.H2O/c1-25-18(24)16-12-14-9-5-6-10-15(14)22(16)21-19(26)20-17(23)11-13-7-3-2-4-8-13;1-16-11-13-10(12)9-6-7-4-2-3-5-8(7)15(9)14-11;1-16-11-12-10(15)9-6-7-4-2-3-5-8(7)14(9)13-11;1-15-11-12-7-9-6-8-4-2-3-5-10(8)14(9)13-11;14-9-8-5-6-3-1-2-4-7(6)13(8)12-10(15)11-9;1-14-10(13)9-6-7-4-2-3-5-8(7)12(9)11;1-13-10(12)9-6-7-4-2-3-5-8(7)11-9;1-2-4-5-3-1;1-2;;/h2-10,12H,11H2,1H3,(H2,20,21,23,26);2-6H,1H3;2-6H,1H3,(H,12,13,15);2-7H,1H3;1-5H,(H2,11,12,14,15);2-6H,11H2,1H3;2-6,11H,1H3;1-4H2;1-2H2;;1H2/q;;;;;;;;;+1;/p-1. The fourth-order valence-electron chi connectivity index (χ4n) is 12.8. The van der Waals surface area contributed by atoms with Crippen LogP contribution < -0.4 is 57.3 Å². The molecule has 11 aromatic heterocycles. The van der Waals surface area contributed by atoms with Gasteiger partial charge in [-0.25, -0.2) is 47.1 Å². The Kier molecular flexibility index (Phi) is 33.9. The van der Waals surface area contributed by atoms with Crippen molar-refractivity contribution in [2.24, 2.45) is 0 Å². The Hall–Kier alpha value is -12.7. The van der Waals surface area contributed by atoms with Crippen molar-refractivity contribution in [1.82, 2.24) is 78.0 Å². The molecule has 19 aromatic rings. The van der Waals surface area contributed by atoms with E-state index in [1.165, 1.54) is 72.4 Å². The summed E-state index contributed by atoms with van der Waals surface area (Å²) in [6.07, 6.45) is 10.4. The average Bonchev–Trinajstić information content (AvgIpc) is 1.64. The fraction of sp³-hybridized carbons (Fsp3) is 0.125. The largest absolute Gasteiger partial charge is 1.00 e. The van der Waals surface area contributed by atoms with E-state index in [9.17, 15) is 28.8 Å². The predicted octanol–water partition coefficient (Wildman–Crippen LogP) is 13.7. The number of methoxy groups -OCH3 is 3. The number of carbonyl (C=O) groups is 4. The maximum absolute atomic E-state index is 12.2. The van der Waals surface area contributed by atoms with E-state index in [0.29, 0.717) is 42.7 Å². The number of hydrogen-bond acceptors (Lipinski definition) is 22. The molecule has 8 aromatic carbocycles. The van der Waals surface area contributed by atoms with Gasteiger partial charge in [-0.3, -0.25) is 39.6 Å². The number of benzene rings is 8. The number of halogens is 1. The summed E-state index contributed by atoms with van der Waals surface area (Å²) in [4.78, 5) is 86.7. The molecular formula is C88H82ClN18NaO11S5. The number of esters is 3. The molecule has 29 nitrogen and oxygen atoms in total. The molecule has 1 aliphatic heterocycles. The van der Waals surface area contributed by atoms with Crippen molar-refractivity contribution < 1.29 is 73.2 Å². The van der Waals surface area contributed by atoms with Crippen LogP contribution in [0, 0.1) is 4.77 Å². The number of fused-ring (bicyclic) bond motifs is 15. The topological polar surface area (TPSA) is 375 Å². The minimum Gasteiger partial charge on any atom is -0.870 e. The van der Waals surface area contributed by atoms with Crippen molar-refractivity contribution in [2.75, 3.05) is 64.6 Å². The summed E-state index contributed by atoms with van der Waals surface area (Å²) in [6, 6.07) is 76.8. The summed E-state index contributed by atoms with van der Waals surface area (Å²) in [5.74, 6) is 4.21. The maximum Gasteiger partial charge on any atom is 1.00 e. The Balaban J connectivity index is 0.000000150. The molecule has 1 amide bonds. The monoisotopic (exact) mass is 1780 g/mol. The molecule has 0 spiro atoms. The van der Waals surface area contributed by atoms with Gasteiger partial charge in [-0.2, -0.15) is 0 Å². The number of nitrogens with two attached hydrogens (primary N) is 1. The zero-order valence-electron chi connectivity index (χ0n) is 68.1. The number of H-pyrrole nitrogens is 4. The van der Waals surface area contributed by atoms with Crippen LogP contribution in [0.2, 0.25) is 5.15 Å². The third kappa shape index (κ3) is 22.6. The Morgan fingerprint density at radius 2 is 0.992 bits per heavy atom. The molecular weight excluding hydrogens is 1700 g/mol. The van der Waals surface area contributed by atoms with E-state index in [0.717, 1.165) is 106 Å². The van der Waals surface area contributed by atoms with Crippen LogP contribution in [-0.4, -0.2) is 160 Å². The van der Waals surface area contributed by atoms with E-state index in [1.807, 2.05) is 240 Å². The maximum atomic E-state index is 12.2. The summed E-state index contributed by atoms with van der Waals surface area (Å²) in [6.45, 7) is 8.00. The Morgan fingerprint density at radius 1 is 0.524 bits per heavy atom. The molecule has 36 heteroatoms. The molecule has 20 rings (SSSR count). The number of amides is 1. The molecule has 124 heavy (non-hydrogen) atoms. The summed E-state index contributed by atoms with van der Waals surface area (Å²) in [7, 11) is 4.01. The minimum absolute atomic E-state index is 0. The van der Waals surface area contributed by atoms with Gasteiger partial charge in [0.2, 0.25) is 16.2 Å². The molecule has 1 fully saturated rings. The van der Waals surface area contributed by atoms with E-state index in [2.05, 4.69) is 96.9 Å². The first kappa shape index (κ1) is 93.6. The fourth-order valence-corrected chi connectivity index (χ4v) is 14.5. The van der Waals surface area contributed by atoms with Crippen molar-refractivity contribution in [3.8, 4) is 0 Å². The van der Waals surface area contributed by atoms with Crippen LogP contribution in [0.5, 0.6) is 0 Å². The van der Waals surface area contributed by atoms with Gasteiger partial charge in [0, 0.05) is 56.4 Å². The Morgan fingerprint density at radius 3 is 1.56 bits per heavy atom. The van der Waals surface area contributed by atoms with Crippen LogP contribution in [0.4, 0.5) is 0 Å². The quantitative estimate of drug-likeness (QED) is 0.0134. The first-order chi connectivity index (χ1) is 59.3. The number of aromatic nitrogens is 15. The van der Waals surface area contributed by atoms with Crippen molar-refractivity contribution in [1.29, 1.82) is 0 Å². The van der Waals surface area contributed by atoms with Gasteiger partial charge in [0.25, 0.3) is 11.1 Å². The molecule has 12 heterocycles. The van der Waals surface area contributed by atoms with Gasteiger partial charge < -0.3 is 40.6 Å². The van der Waals surface area contributed by atoms with Gasteiger partial charge in [0.15, 0.2) is 20.2 Å². The van der Waals surface area contributed by atoms with Crippen LogP contribution in [0.3, 0.4) is 0 Å². The second kappa shape index (κ2) is 44.9.